The van der Waals surface area contributed by atoms with E-state index in [4.69, 9.17) is 4.74 Å². The van der Waals surface area contributed by atoms with Crippen molar-refractivity contribution in [2.75, 3.05) is 6.61 Å². The highest BCUT2D eigenvalue weighted by Crippen LogP contribution is 2.30. The largest absolute Gasteiger partial charge is 0.489 e. The third-order valence-corrected chi connectivity index (χ3v) is 3.57. The topological polar surface area (TPSA) is 9.23 Å². The second-order valence-corrected chi connectivity index (χ2v) is 5.27. The van der Waals surface area contributed by atoms with E-state index in [0.29, 0.717) is 6.61 Å². The number of hydrogen-bond acceptors (Lipinski definition) is 1. The maximum Gasteiger partial charge on any atom is 0.128 e. The van der Waals surface area contributed by atoms with Crippen LogP contribution in [-0.4, -0.2) is 6.61 Å². The Balaban J connectivity index is 1.94. The van der Waals surface area contributed by atoms with Gasteiger partial charge in [0.15, 0.2) is 0 Å². The van der Waals surface area contributed by atoms with Crippen molar-refractivity contribution in [3.63, 3.8) is 0 Å². The molecule has 94 valence electrons. The lowest BCUT2D eigenvalue weighted by atomic mass is 10.0. The van der Waals surface area contributed by atoms with Gasteiger partial charge in [-0.1, -0.05) is 58.4 Å². The van der Waals surface area contributed by atoms with Gasteiger partial charge in [-0.2, -0.15) is 0 Å². The molecule has 0 N–H and O–H groups in total. The molecule has 0 fully saturated rings. The van der Waals surface area contributed by atoms with E-state index in [1.165, 1.54) is 5.56 Å². The van der Waals surface area contributed by atoms with E-state index in [2.05, 4.69) is 64.5 Å². The summed E-state index contributed by atoms with van der Waals surface area (Å²) in [6.45, 7) is 0.643. The smallest absolute Gasteiger partial charge is 0.128 e. The van der Waals surface area contributed by atoms with E-state index in [-0.39, 0.29) is 0 Å². The summed E-state index contributed by atoms with van der Waals surface area (Å²) in [5.41, 5.74) is 3.50. The van der Waals surface area contributed by atoms with Crippen LogP contribution in [0.4, 0.5) is 0 Å². The summed E-state index contributed by atoms with van der Waals surface area (Å²) in [5, 5.41) is 0. The molecule has 1 aliphatic rings. The zero-order chi connectivity index (χ0) is 13.1. The molecule has 2 heteroatoms. The van der Waals surface area contributed by atoms with E-state index < -0.39 is 0 Å². The fourth-order valence-corrected chi connectivity index (χ4v) is 2.37. The average molecular weight is 313 g/mol. The molecule has 0 bridgehead atoms. The third kappa shape index (κ3) is 2.79. The molecule has 1 aliphatic heterocycles. The number of hydrogen-bond donors (Lipinski definition) is 0. The van der Waals surface area contributed by atoms with E-state index in [1.807, 2.05) is 18.2 Å². The molecule has 0 spiro atoms. The Morgan fingerprint density at radius 1 is 0.947 bits per heavy atom. The first-order valence-corrected chi connectivity index (χ1v) is 6.98. The van der Waals surface area contributed by atoms with Crippen LogP contribution in [0.5, 0.6) is 0 Å². The van der Waals surface area contributed by atoms with Crippen molar-refractivity contribution in [3.8, 4) is 0 Å². The van der Waals surface area contributed by atoms with E-state index in [1.54, 1.807) is 0 Å². The predicted molar refractivity (Wildman–Crippen MR) is 82.5 cm³/mol. The van der Waals surface area contributed by atoms with Gasteiger partial charge in [-0.3, -0.25) is 0 Å². The molecule has 2 aromatic carbocycles. The van der Waals surface area contributed by atoms with E-state index in [0.717, 1.165) is 21.4 Å². The van der Waals surface area contributed by atoms with Gasteiger partial charge in [0.25, 0.3) is 0 Å². The Morgan fingerprint density at radius 3 is 2.42 bits per heavy atom. The summed E-state index contributed by atoms with van der Waals surface area (Å²) in [6.07, 6.45) is 4.21. The Hall–Kier alpha value is -1.80. The molecule has 2 aromatic rings. The summed E-state index contributed by atoms with van der Waals surface area (Å²) < 4.78 is 6.80. The van der Waals surface area contributed by atoms with Gasteiger partial charge >= 0.3 is 0 Å². The fraction of sp³-hybridized carbons (Fsp3) is 0.0588. The Kier molecular flexibility index (Phi) is 3.51. The molecular formula is C17H13BrO. The average Bonchev–Trinajstić information content (AvgIpc) is 2.89. The lowest BCUT2D eigenvalue weighted by Crippen LogP contribution is -1.87. The first kappa shape index (κ1) is 12.2. The minimum atomic E-state index is 0.643. The maximum absolute atomic E-state index is 5.71. The van der Waals surface area contributed by atoms with Gasteiger partial charge in [0.1, 0.15) is 12.4 Å². The Morgan fingerprint density at radius 2 is 1.68 bits per heavy atom. The van der Waals surface area contributed by atoms with E-state index in [9.17, 15) is 0 Å². The van der Waals surface area contributed by atoms with Crippen LogP contribution in [0.2, 0.25) is 0 Å². The molecule has 1 heterocycles. The molecule has 0 aliphatic carbocycles. The standard InChI is InChI=1S/C17H13BrO/c18-15-8-6-14(7-9-15)16-10-11-19-17(16)12-13-4-2-1-3-5-13/h1-10,12H,11H2. The monoisotopic (exact) mass is 312 g/mol. The van der Waals surface area contributed by atoms with Crippen LogP contribution in [0.15, 0.2) is 70.9 Å². The van der Waals surface area contributed by atoms with Crippen molar-refractivity contribution >= 4 is 27.6 Å². The van der Waals surface area contributed by atoms with Crippen molar-refractivity contribution in [2.45, 2.75) is 0 Å². The number of benzene rings is 2. The van der Waals surface area contributed by atoms with Crippen LogP contribution in [0, 0.1) is 0 Å². The molecule has 0 unspecified atom stereocenters. The number of ether oxygens (including phenoxy) is 1. The predicted octanol–water partition coefficient (Wildman–Crippen LogP) is 4.90. The highest BCUT2D eigenvalue weighted by atomic mass is 79.9. The fourth-order valence-electron chi connectivity index (χ4n) is 2.10. The van der Waals surface area contributed by atoms with Crippen molar-refractivity contribution in [2.24, 2.45) is 0 Å². The van der Waals surface area contributed by atoms with E-state index >= 15 is 0 Å². The zero-order valence-electron chi connectivity index (χ0n) is 10.3. The number of rotatable bonds is 2. The molecular weight excluding hydrogens is 300 g/mol. The second kappa shape index (κ2) is 5.45. The lowest BCUT2D eigenvalue weighted by Gasteiger charge is -2.06. The second-order valence-electron chi connectivity index (χ2n) is 4.35. The summed E-state index contributed by atoms with van der Waals surface area (Å²) >= 11 is 3.46. The molecule has 0 atom stereocenters. The summed E-state index contributed by atoms with van der Waals surface area (Å²) in [5.74, 6) is 0.938. The quantitative estimate of drug-likeness (QED) is 0.766. The van der Waals surface area contributed by atoms with Crippen molar-refractivity contribution in [1.82, 2.24) is 0 Å². The number of halogens is 1. The molecule has 0 amide bonds. The van der Waals surface area contributed by atoms with Gasteiger partial charge in [0.2, 0.25) is 0 Å². The third-order valence-electron chi connectivity index (χ3n) is 3.04. The molecule has 0 saturated carbocycles. The lowest BCUT2D eigenvalue weighted by molar-refractivity contribution is 0.284. The van der Waals surface area contributed by atoms with Crippen LogP contribution < -0.4 is 0 Å². The highest BCUT2D eigenvalue weighted by molar-refractivity contribution is 9.10. The van der Waals surface area contributed by atoms with Crippen LogP contribution in [0.3, 0.4) is 0 Å². The molecule has 0 aromatic heterocycles. The van der Waals surface area contributed by atoms with Gasteiger partial charge in [-0.25, -0.2) is 0 Å². The maximum atomic E-state index is 5.71. The van der Waals surface area contributed by atoms with Gasteiger partial charge in [0.05, 0.1) is 0 Å². The molecule has 3 rings (SSSR count). The van der Waals surface area contributed by atoms with Crippen molar-refractivity contribution < 1.29 is 4.74 Å². The summed E-state index contributed by atoms with van der Waals surface area (Å²) in [7, 11) is 0. The normalized spacial score (nSPS) is 16.3. The minimum absolute atomic E-state index is 0.643. The molecule has 0 radical (unpaired) electrons. The van der Waals surface area contributed by atoms with Crippen molar-refractivity contribution in [1.29, 1.82) is 0 Å². The SMILES string of the molecule is Brc1ccc(C2=CCOC2=Cc2ccccc2)cc1. The Labute approximate surface area is 121 Å². The molecule has 0 saturated heterocycles. The molecule has 1 nitrogen and oxygen atoms in total. The van der Waals surface area contributed by atoms with Crippen molar-refractivity contribution in [3.05, 3.63) is 82.0 Å². The van der Waals surface area contributed by atoms with Crippen LogP contribution in [0.25, 0.3) is 11.6 Å². The van der Waals surface area contributed by atoms with Crippen LogP contribution in [0.1, 0.15) is 11.1 Å². The van der Waals surface area contributed by atoms with Gasteiger partial charge < -0.3 is 4.74 Å². The summed E-state index contributed by atoms with van der Waals surface area (Å²) in [6, 6.07) is 18.5. The zero-order valence-corrected chi connectivity index (χ0v) is 11.9. The highest BCUT2D eigenvalue weighted by Gasteiger charge is 2.14. The van der Waals surface area contributed by atoms with Gasteiger partial charge in [0, 0.05) is 10.0 Å². The Bertz CT molecular complexity index is 624. The van der Waals surface area contributed by atoms with Crippen LogP contribution >= 0.6 is 15.9 Å². The minimum Gasteiger partial charge on any atom is -0.489 e. The first-order valence-electron chi connectivity index (χ1n) is 6.19. The number of allylic oxidation sites excluding steroid dienone is 1. The first-order chi connectivity index (χ1) is 9.33. The van der Waals surface area contributed by atoms with Gasteiger partial charge in [-0.05, 0) is 35.4 Å². The van der Waals surface area contributed by atoms with Gasteiger partial charge in [-0.15, -0.1) is 0 Å². The van der Waals surface area contributed by atoms with Crippen LogP contribution in [-0.2, 0) is 4.74 Å². The molecule has 19 heavy (non-hydrogen) atoms. The summed E-state index contributed by atoms with van der Waals surface area (Å²) in [4.78, 5) is 0.